The van der Waals surface area contributed by atoms with Crippen LogP contribution in [0, 0.1) is 0 Å². The number of amides is 2. The van der Waals surface area contributed by atoms with Gasteiger partial charge >= 0.3 is 6.09 Å². The number of rotatable bonds is 4. The standard InChI is InChI=1S/C20H21ClN2O3/c1-20(18(24)22-17-10-8-16(21)9-11-17)12-5-13-23(20)19(25)26-14-15-6-3-2-4-7-15/h2-4,6-11H,5,12-14H2,1H3,(H,22,24). The fourth-order valence-corrected chi connectivity index (χ4v) is 3.21. The van der Waals surface area contributed by atoms with Gasteiger partial charge in [-0.15, -0.1) is 0 Å². The molecule has 136 valence electrons. The monoisotopic (exact) mass is 372 g/mol. The summed E-state index contributed by atoms with van der Waals surface area (Å²) < 4.78 is 5.41. The van der Waals surface area contributed by atoms with Crippen molar-refractivity contribution in [1.82, 2.24) is 4.90 Å². The quantitative estimate of drug-likeness (QED) is 0.861. The van der Waals surface area contributed by atoms with E-state index in [-0.39, 0.29) is 12.5 Å². The Labute approximate surface area is 157 Å². The van der Waals surface area contributed by atoms with Gasteiger partial charge < -0.3 is 10.1 Å². The number of benzene rings is 2. The van der Waals surface area contributed by atoms with Gasteiger partial charge in [0.15, 0.2) is 0 Å². The summed E-state index contributed by atoms with van der Waals surface area (Å²) in [6, 6.07) is 16.4. The normalized spacial score (nSPS) is 19.2. The van der Waals surface area contributed by atoms with Crippen molar-refractivity contribution in [3.63, 3.8) is 0 Å². The number of likely N-dealkylation sites (tertiary alicyclic amines) is 1. The van der Waals surface area contributed by atoms with Crippen LogP contribution in [0.1, 0.15) is 25.3 Å². The molecule has 1 heterocycles. The largest absolute Gasteiger partial charge is 0.445 e. The Morgan fingerprint density at radius 3 is 2.54 bits per heavy atom. The number of anilines is 1. The van der Waals surface area contributed by atoms with E-state index >= 15 is 0 Å². The van der Waals surface area contributed by atoms with Gasteiger partial charge in [-0.2, -0.15) is 0 Å². The second-order valence-electron chi connectivity index (χ2n) is 6.53. The fourth-order valence-electron chi connectivity index (χ4n) is 3.09. The van der Waals surface area contributed by atoms with E-state index in [9.17, 15) is 9.59 Å². The molecule has 3 rings (SSSR count). The number of nitrogens with zero attached hydrogens (tertiary/aromatic N) is 1. The van der Waals surface area contributed by atoms with E-state index in [1.54, 1.807) is 31.2 Å². The second-order valence-corrected chi connectivity index (χ2v) is 6.97. The molecule has 1 fully saturated rings. The van der Waals surface area contributed by atoms with Gasteiger partial charge in [-0.1, -0.05) is 41.9 Å². The average molecular weight is 373 g/mol. The molecular formula is C20H21ClN2O3. The molecule has 1 saturated heterocycles. The molecule has 2 aromatic rings. The van der Waals surface area contributed by atoms with Crippen molar-refractivity contribution in [2.24, 2.45) is 0 Å². The van der Waals surface area contributed by atoms with Gasteiger partial charge in [-0.05, 0) is 49.6 Å². The first-order valence-electron chi connectivity index (χ1n) is 8.54. The van der Waals surface area contributed by atoms with Gasteiger partial charge in [0, 0.05) is 17.3 Å². The zero-order valence-electron chi connectivity index (χ0n) is 14.6. The number of halogens is 1. The number of carbonyl (C=O) groups is 2. The molecule has 1 aliphatic rings. The first-order valence-corrected chi connectivity index (χ1v) is 8.92. The molecule has 1 aliphatic heterocycles. The molecule has 0 radical (unpaired) electrons. The van der Waals surface area contributed by atoms with Crippen LogP contribution >= 0.6 is 11.6 Å². The Bertz CT molecular complexity index is 779. The first-order chi connectivity index (χ1) is 12.5. The molecule has 26 heavy (non-hydrogen) atoms. The van der Waals surface area contributed by atoms with Crippen LogP contribution in [-0.2, 0) is 16.1 Å². The molecule has 1 N–H and O–H groups in total. The van der Waals surface area contributed by atoms with E-state index < -0.39 is 11.6 Å². The van der Waals surface area contributed by atoms with E-state index in [0.29, 0.717) is 23.7 Å². The maximum absolute atomic E-state index is 12.8. The third kappa shape index (κ3) is 3.99. The first kappa shape index (κ1) is 18.3. The summed E-state index contributed by atoms with van der Waals surface area (Å²) in [6.07, 6.45) is 0.873. The Morgan fingerprint density at radius 1 is 1.15 bits per heavy atom. The molecule has 0 saturated carbocycles. The van der Waals surface area contributed by atoms with Crippen molar-refractivity contribution >= 4 is 29.3 Å². The fraction of sp³-hybridized carbons (Fsp3) is 0.300. The zero-order valence-corrected chi connectivity index (χ0v) is 15.3. The predicted molar refractivity (Wildman–Crippen MR) is 101 cm³/mol. The molecule has 1 atom stereocenters. The van der Waals surface area contributed by atoms with Crippen LogP contribution in [0.5, 0.6) is 0 Å². The Kier molecular flexibility index (Phi) is 5.47. The van der Waals surface area contributed by atoms with Crippen LogP contribution in [0.2, 0.25) is 5.02 Å². The van der Waals surface area contributed by atoms with Gasteiger partial charge in [0.1, 0.15) is 12.1 Å². The Morgan fingerprint density at radius 2 is 1.85 bits per heavy atom. The third-order valence-electron chi connectivity index (χ3n) is 4.66. The van der Waals surface area contributed by atoms with Crippen molar-refractivity contribution in [3.05, 3.63) is 65.2 Å². The highest BCUT2D eigenvalue weighted by molar-refractivity contribution is 6.30. The maximum Gasteiger partial charge on any atom is 0.410 e. The van der Waals surface area contributed by atoms with Crippen LogP contribution in [0.25, 0.3) is 0 Å². The van der Waals surface area contributed by atoms with E-state index in [1.807, 2.05) is 30.3 Å². The van der Waals surface area contributed by atoms with Crippen LogP contribution in [-0.4, -0.2) is 29.0 Å². The lowest BCUT2D eigenvalue weighted by Crippen LogP contribution is -2.53. The van der Waals surface area contributed by atoms with Crippen molar-refractivity contribution in [2.45, 2.75) is 31.9 Å². The molecule has 6 heteroatoms. The molecular weight excluding hydrogens is 352 g/mol. The molecule has 2 aromatic carbocycles. The van der Waals surface area contributed by atoms with Crippen LogP contribution < -0.4 is 5.32 Å². The Balaban J connectivity index is 1.65. The van der Waals surface area contributed by atoms with Crippen LogP contribution in [0.15, 0.2) is 54.6 Å². The van der Waals surface area contributed by atoms with Gasteiger partial charge in [-0.25, -0.2) is 4.79 Å². The lowest BCUT2D eigenvalue weighted by Gasteiger charge is -2.33. The number of carbonyl (C=O) groups excluding carboxylic acids is 2. The number of hydrogen-bond acceptors (Lipinski definition) is 3. The second kappa shape index (κ2) is 7.79. The minimum absolute atomic E-state index is 0.186. The third-order valence-corrected chi connectivity index (χ3v) is 4.91. The van der Waals surface area contributed by atoms with Crippen molar-refractivity contribution in [1.29, 1.82) is 0 Å². The molecule has 0 spiro atoms. The highest BCUT2D eigenvalue weighted by atomic mass is 35.5. The SMILES string of the molecule is CC1(C(=O)Nc2ccc(Cl)cc2)CCCN1C(=O)OCc1ccccc1. The van der Waals surface area contributed by atoms with Crippen molar-refractivity contribution in [3.8, 4) is 0 Å². The predicted octanol–water partition coefficient (Wildman–Crippen LogP) is 4.47. The molecule has 5 nitrogen and oxygen atoms in total. The Hall–Kier alpha value is -2.53. The van der Waals surface area contributed by atoms with Gasteiger partial charge in [0.05, 0.1) is 0 Å². The van der Waals surface area contributed by atoms with Gasteiger partial charge in [-0.3, -0.25) is 9.69 Å². The minimum Gasteiger partial charge on any atom is -0.445 e. The highest BCUT2D eigenvalue weighted by Crippen LogP contribution is 2.31. The zero-order chi connectivity index (χ0) is 18.6. The molecule has 0 aliphatic carbocycles. The summed E-state index contributed by atoms with van der Waals surface area (Å²) in [6.45, 7) is 2.46. The topological polar surface area (TPSA) is 58.6 Å². The summed E-state index contributed by atoms with van der Waals surface area (Å²) in [5, 5.41) is 3.46. The van der Waals surface area contributed by atoms with Crippen molar-refractivity contribution in [2.75, 3.05) is 11.9 Å². The highest BCUT2D eigenvalue weighted by Gasteiger charge is 2.46. The lowest BCUT2D eigenvalue weighted by atomic mass is 9.98. The summed E-state index contributed by atoms with van der Waals surface area (Å²) in [5.74, 6) is -0.228. The van der Waals surface area contributed by atoms with E-state index in [2.05, 4.69) is 5.32 Å². The average Bonchev–Trinajstić information content (AvgIpc) is 3.05. The molecule has 0 bridgehead atoms. The summed E-state index contributed by atoms with van der Waals surface area (Å²) in [7, 11) is 0. The van der Waals surface area contributed by atoms with Crippen LogP contribution in [0.4, 0.5) is 10.5 Å². The summed E-state index contributed by atoms with van der Waals surface area (Å²) in [4.78, 5) is 26.9. The maximum atomic E-state index is 12.8. The van der Waals surface area contributed by atoms with E-state index in [1.165, 1.54) is 4.90 Å². The minimum atomic E-state index is -0.937. The van der Waals surface area contributed by atoms with E-state index in [4.69, 9.17) is 16.3 Å². The smallest absolute Gasteiger partial charge is 0.410 e. The van der Waals surface area contributed by atoms with E-state index in [0.717, 1.165) is 12.0 Å². The molecule has 1 unspecified atom stereocenters. The summed E-state index contributed by atoms with van der Waals surface area (Å²) >= 11 is 5.87. The lowest BCUT2D eigenvalue weighted by molar-refractivity contribution is -0.125. The van der Waals surface area contributed by atoms with Gasteiger partial charge in [0.2, 0.25) is 5.91 Å². The number of hydrogen-bond donors (Lipinski definition) is 1. The number of ether oxygens (including phenoxy) is 1. The number of nitrogens with one attached hydrogen (secondary N) is 1. The van der Waals surface area contributed by atoms with Gasteiger partial charge in [0.25, 0.3) is 0 Å². The van der Waals surface area contributed by atoms with Crippen molar-refractivity contribution < 1.29 is 14.3 Å². The summed E-state index contributed by atoms with van der Waals surface area (Å²) in [5.41, 5.74) is 0.616. The van der Waals surface area contributed by atoms with Crippen LogP contribution in [0.3, 0.4) is 0 Å². The molecule has 0 aromatic heterocycles. The molecule has 2 amide bonds.